The number of halogens is 4. The minimum Gasteiger partial charge on any atom is -0.378 e. The smallest absolute Gasteiger partial charge is 0.167 e. The molecule has 0 aromatic heterocycles. The summed E-state index contributed by atoms with van der Waals surface area (Å²) in [6.45, 7) is 6.85. The van der Waals surface area contributed by atoms with E-state index in [1.54, 1.807) is 0 Å². The molecule has 0 bridgehead atoms. The van der Waals surface area contributed by atoms with E-state index in [-0.39, 0.29) is 40.4 Å². The summed E-state index contributed by atoms with van der Waals surface area (Å²) in [6.07, 6.45) is 10.4. The molecule has 0 radical (unpaired) electrons. The van der Waals surface area contributed by atoms with Crippen LogP contribution in [0.4, 0.5) is 17.6 Å². The van der Waals surface area contributed by atoms with Gasteiger partial charge in [0.15, 0.2) is 23.3 Å². The van der Waals surface area contributed by atoms with Crippen molar-refractivity contribution in [3.05, 3.63) is 71.3 Å². The summed E-state index contributed by atoms with van der Waals surface area (Å²) in [5.74, 6) is -4.05. The molecule has 0 spiro atoms. The Hall–Kier alpha value is -2.18. The quantitative estimate of drug-likeness (QED) is 0.231. The fourth-order valence-electron chi connectivity index (χ4n) is 5.66. The molecule has 2 saturated heterocycles. The highest BCUT2D eigenvalue weighted by Crippen LogP contribution is 2.36. The SMILES string of the molecule is C=CCCC1CCC(CCc2ccc(-c3ccc(C4CCC(CCC)OC4)c(F)c3F)c(F)c2F)OC1. The second kappa shape index (κ2) is 13.1. The van der Waals surface area contributed by atoms with Gasteiger partial charge in [0.25, 0.3) is 0 Å². The zero-order chi connectivity index (χ0) is 26.4. The van der Waals surface area contributed by atoms with Gasteiger partial charge in [-0.1, -0.05) is 43.7 Å². The van der Waals surface area contributed by atoms with E-state index in [2.05, 4.69) is 13.5 Å². The van der Waals surface area contributed by atoms with Gasteiger partial charge >= 0.3 is 0 Å². The lowest BCUT2D eigenvalue weighted by Crippen LogP contribution is -2.26. The molecule has 4 atom stereocenters. The van der Waals surface area contributed by atoms with E-state index in [4.69, 9.17) is 9.47 Å². The van der Waals surface area contributed by atoms with Gasteiger partial charge in [-0.05, 0) is 74.8 Å². The predicted octanol–water partition coefficient (Wildman–Crippen LogP) is 8.67. The normalized spacial score (nSPS) is 24.2. The van der Waals surface area contributed by atoms with Crippen molar-refractivity contribution in [3.63, 3.8) is 0 Å². The van der Waals surface area contributed by atoms with Gasteiger partial charge in [-0.3, -0.25) is 0 Å². The number of benzene rings is 2. The first-order valence-corrected chi connectivity index (χ1v) is 13.7. The lowest BCUT2D eigenvalue weighted by Gasteiger charge is -2.29. The lowest BCUT2D eigenvalue weighted by molar-refractivity contribution is -0.0212. The van der Waals surface area contributed by atoms with E-state index in [1.165, 1.54) is 24.3 Å². The van der Waals surface area contributed by atoms with Crippen LogP contribution in [0.25, 0.3) is 11.1 Å². The maximum Gasteiger partial charge on any atom is 0.167 e. The van der Waals surface area contributed by atoms with Gasteiger partial charge in [0.05, 0.1) is 18.8 Å². The second-order valence-electron chi connectivity index (χ2n) is 10.6. The van der Waals surface area contributed by atoms with Gasteiger partial charge in [0.1, 0.15) is 0 Å². The van der Waals surface area contributed by atoms with Crippen molar-refractivity contribution < 1.29 is 27.0 Å². The number of allylic oxidation sites excluding steroid dienone is 1. The number of hydrogen-bond acceptors (Lipinski definition) is 2. The highest BCUT2D eigenvalue weighted by atomic mass is 19.2. The van der Waals surface area contributed by atoms with Gasteiger partial charge in [0, 0.05) is 23.7 Å². The zero-order valence-corrected chi connectivity index (χ0v) is 21.7. The summed E-state index contributed by atoms with van der Waals surface area (Å²) < 4.78 is 71.9. The van der Waals surface area contributed by atoms with E-state index in [0.717, 1.165) is 44.9 Å². The molecule has 2 aromatic carbocycles. The molecule has 2 aliphatic rings. The van der Waals surface area contributed by atoms with Crippen LogP contribution in [0.2, 0.25) is 0 Å². The third-order valence-electron chi connectivity index (χ3n) is 7.96. The Morgan fingerprint density at radius 3 is 2.11 bits per heavy atom. The van der Waals surface area contributed by atoms with E-state index >= 15 is 13.2 Å². The molecule has 2 aliphatic heterocycles. The Balaban J connectivity index is 1.41. The van der Waals surface area contributed by atoms with Gasteiger partial charge in [-0.2, -0.15) is 0 Å². The Bertz CT molecular complexity index is 1050. The molecule has 4 rings (SSSR count). The Morgan fingerprint density at radius 1 is 0.784 bits per heavy atom. The fraction of sp³-hybridized carbons (Fsp3) is 0.548. The van der Waals surface area contributed by atoms with E-state index in [1.807, 2.05) is 6.08 Å². The largest absolute Gasteiger partial charge is 0.378 e. The second-order valence-corrected chi connectivity index (χ2v) is 10.6. The van der Waals surface area contributed by atoms with Crippen molar-refractivity contribution >= 4 is 0 Å². The van der Waals surface area contributed by atoms with Crippen LogP contribution in [0.5, 0.6) is 0 Å². The van der Waals surface area contributed by atoms with Crippen LogP contribution in [0.3, 0.4) is 0 Å². The van der Waals surface area contributed by atoms with E-state index in [9.17, 15) is 4.39 Å². The number of rotatable bonds is 10. The third kappa shape index (κ3) is 6.64. The van der Waals surface area contributed by atoms with Crippen molar-refractivity contribution in [2.24, 2.45) is 5.92 Å². The predicted molar refractivity (Wildman–Crippen MR) is 139 cm³/mol. The van der Waals surface area contributed by atoms with Crippen molar-refractivity contribution in [1.29, 1.82) is 0 Å². The molecule has 2 aromatic rings. The molecular weight excluding hydrogens is 480 g/mol. The highest BCUT2D eigenvalue weighted by Gasteiger charge is 2.28. The molecular formula is C31H38F4O2. The fourth-order valence-corrected chi connectivity index (χ4v) is 5.66. The summed E-state index contributed by atoms with van der Waals surface area (Å²) in [7, 11) is 0. The topological polar surface area (TPSA) is 18.5 Å². The molecule has 0 aliphatic carbocycles. The van der Waals surface area contributed by atoms with Crippen molar-refractivity contribution in [2.75, 3.05) is 13.2 Å². The summed E-state index contributed by atoms with van der Waals surface area (Å²) in [6, 6.07) is 5.65. The van der Waals surface area contributed by atoms with Crippen LogP contribution >= 0.6 is 0 Å². The molecule has 37 heavy (non-hydrogen) atoms. The number of aryl methyl sites for hydroxylation is 1. The molecule has 6 heteroatoms. The summed E-state index contributed by atoms with van der Waals surface area (Å²) in [4.78, 5) is 0. The first-order valence-electron chi connectivity index (χ1n) is 13.7. The third-order valence-corrected chi connectivity index (χ3v) is 7.96. The highest BCUT2D eigenvalue weighted by molar-refractivity contribution is 5.66. The number of hydrogen-bond donors (Lipinski definition) is 0. The Labute approximate surface area is 218 Å². The molecule has 2 fully saturated rings. The maximum absolute atomic E-state index is 15.1. The van der Waals surface area contributed by atoms with Crippen LogP contribution in [-0.4, -0.2) is 25.4 Å². The molecule has 4 unspecified atom stereocenters. The summed E-state index contributed by atoms with van der Waals surface area (Å²) in [5, 5.41) is 0. The average Bonchev–Trinajstić information content (AvgIpc) is 2.91. The van der Waals surface area contributed by atoms with Crippen molar-refractivity contribution in [3.8, 4) is 11.1 Å². The molecule has 2 heterocycles. The minimum absolute atomic E-state index is 0.0159. The Morgan fingerprint density at radius 2 is 1.46 bits per heavy atom. The van der Waals surface area contributed by atoms with Gasteiger partial charge < -0.3 is 9.47 Å². The van der Waals surface area contributed by atoms with E-state index in [0.29, 0.717) is 38.4 Å². The van der Waals surface area contributed by atoms with Crippen LogP contribution < -0.4 is 0 Å². The summed E-state index contributed by atoms with van der Waals surface area (Å²) in [5.41, 5.74) is -0.0953. The van der Waals surface area contributed by atoms with Gasteiger partial charge in [0.2, 0.25) is 0 Å². The maximum atomic E-state index is 15.1. The van der Waals surface area contributed by atoms with Gasteiger partial charge in [-0.25, -0.2) is 17.6 Å². The summed E-state index contributed by atoms with van der Waals surface area (Å²) >= 11 is 0. The number of ether oxygens (including phenoxy) is 2. The molecule has 0 saturated carbocycles. The van der Waals surface area contributed by atoms with Crippen LogP contribution in [-0.2, 0) is 15.9 Å². The first-order chi connectivity index (χ1) is 17.9. The zero-order valence-electron chi connectivity index (χ0n) is 21.7. The monoisotopic (exact) mass is 518 g/mol. The lowest BCUT2D eigenvalue weighted by atomic mass is 9.88. The standard InChI is InChI=1S/C31H38F4O2/c1-3-5-7-20-8-12-24(36-18-20)13-9-21-11-15-26(30(34)28(21)32)27-17-16-25(29(33)31(27)35)22-10-14-23(6-4-2)37-19-22/h3,11,15-17,20,22-24H,1,4-10,12-14,18-19H2,2H3. The van der Waals surface area contributed by atoms with Crippen LogP contribution in [0.1, 0.15) is 81.8 Å². The molecule has 0 amide bonds. The van der Waals surface area contributed by atoms with Crippen LogP contribution in [0.15, 0.2) is 36.9 Å². The van der Waals surface area contributed by atoms with Crippen LogP contribution in [0, 0.1) is 29.2 Å². The molecule has 202 valence electrons. The van der Waals surface area contributed by atoms with E-state index < -0.39 is 23.3 Å². The van der Waals surface area contributed by atoms with Crippen molar-refractivity contribution in [2.45, 2.75) is 89.3 Å². The Kier molecular flexibility index (Phi) is 9.83. The minimum atomic E-state index is -1.15. The average molecular weight is 519 g/mol. The molecule has 0 N–H and O–H groups in total. The van der Waals surface area contributed by atoms with Gasteiger partial charge in [-0.15, -0.1) is 6.58 Å². The molecule has 2 nitrogen and oxygen atoms in total. The van der Waals surface area contributed by atoms with Crippen molar-refractivity contribution in [1.82, 2.24) is 0 Å². The first kappa shape index (κ1) is 27.8.